The van der Waals surface area contributed by atoms with Crippen molar-refractivity contribution in [3.8, 4) is 0 Å². The summed E-state index contributed by atoms with van der Waals surface area (Å²) in [4.78, 5) is 73.0. The van der Waals surface area contributed by atoms with Gasteiger partial charge in [-0.3, -0.25) is 37.3 Å². The van der Waals surface area contributed by atoms with Gasteiger partial charge in [0.2, 0.25) is 0 Å². The van der Waals surface area contributed by atoms with E-state index in [4.69, 9.17) is 37.0 Å². The number of esters is 4. The minimum Gasteiger partial charge on any atom is -0.462 e. The van der Waals surface area contributed by atoms with Crippen LogP contribution in [-0.4, -0.2) is 96.7 Å². The Bertz CT molecular complexity index is 2310. The van der Waals surface area contributed by atoms with E-state index >= 15 is 0 Å². The van der Waals surface area contributed by atoms with Gasteiger partial charge in [0, 0.05) is 25.7 Å². The zero-order valence-electron chi connectivity index (χ0n) is 64.5. The van der Waals surface area contributed by atoms with Crippen molar-refractivity contribution in [3.63, 3.8) is 0 Å². The van der Waals surface area contributed by atoms with E-state index in [9.17, 15) is 43.2 Å². The van der Waals surface area contributed by atoms with Crippen molar-refractivity contribution in [2.24, 2.45) is 0 Å². The smallest absolute Gasteiger partial charge is 0.462 e. The molecule has 17 nitrogen and oxygen atoms in total. The van der Waals surface area contributed by atoms with Gasteiger partial charge in [-0.25, -0.2) is 9.13 Å². The fraction of sp³-hybridized carbons (Fsp3) is 0.759. The van der Waals surface area contributed by atoms with Gasteiger partial charge < -0.3 is 33.8 Å². The zero-order valence-corrected chi connectivity index (χ0v) is 66.3. The van der Waals surface area contributed by atoms with Gasteiger partial charge in [0.05, 0.1) is 26.4 Å². The van der Waals surface area contributed by atoms with Crippen molar-refractivity contribution in [2.75, 3.05) is 39.6 Å². The molecule has 0 aromatic carbocycles. The lowest BCUT2D eigenvalue weighted by Crippen LogP contribution is -2.30. The highest BCUT2D eigenvalue weighted by Gasteiger charge is 2.30. The first-order valence-electron chi connectivity index (χ1n) is 40.5. The number of phosphoric acid groups is 2. The average Bonchev–Trinajstić information content (AvgIpc) is 0.908. The van der Waals surface area contributed by atoms with Gasteiger partial charge in [-0.05, 0) is 116 Å². The van der Waals surface area contributed by atoms with E-state index in [-0.39, 0.29) is 25.7 Å². The normalized spacial score (nSPS) is 14.4. The highest BCUT2D eigenvalue weighted by Crippen LogP contribution is 2.45. The molecule has 0 saturated heterocycles. The van der Waals surface area contributed by atoms with E-state index in [2.05, 4.69) is 125 Å². The number of allylic oxidation sites excluding steroid dienone is 16. The average molecular weight is 1480 g/mol. The van der Waals surface area contributed by atoms with E-state index < -0.39 is 97.5 Å². The van der Waals surface area contributed by atoms with Crippen LogP contribution in [0.1, 0.15) is 349 Å². The van der Waals surface area contributed by atoms with Crippen molar-refractivity contribution < 1.29 is 80.2 Å². The fourth-order valence-electron chi connectivity index (χ4n) is 10.9. The summed E-state index contributed by atoms with van der Waals surface area (Å²) in [7, 11) is -9.96. The quantitative estimate of drug-likeness (QED) is 0.0169. The highest BCUT2D eigenvalue weighted by molar-refractivity contribution is 7.47. The molecule has 0 amide bonds. The van der Waals surface area contributed by atoms with Gasteiger partial charge in [0.25, 0.3) is 0 Å². The van der Waals surface area contributed by atoms with Crippen molar-refractivity contribution in [3.05, 3.63) is 97.2 Å². The summed E-state index contributed by atoms with van der Waals surface area (Å²) in [6.45, 7) is 4.61. The van der Waals surface area contributed by atoms with Crippen molar-refractivity contribution in [1.82, 2.24) is 0 Å². The molecule has 0 spiro atoms. The standard InChI is InChI=1S/C83H146O17P2/c1-5-9-13-17-21-25-29-33-36-38-41-44-47-51-55-59-63-67-80(85)93-73-78(99-82(87)69-65-61-57-53-49-43-32-28-24-20-16-12-8-4)75-97-101(89,90)95-71-77(84)72-96-102(91,92)98-76-79(100-83(88)70-66-62-58-54-50-46-40-35-31-27-23-19-15-11-7-3)74-94-81(86)68-64-60-56-52-48-45-42-39-37-34-30-26-22-18-14-10-6-2/h9-10,13-14,16,20-22,25-26,28,32-34,36-37,77-79,84H,5-8,11-12,15,17-19,23-24,27,29-31,35,38-76H2,1-4H3,(H,89,90)(H,91,92)/b13-9-,14-10-,20-16-,25-21-,26-22-,32-28-,36-33-,37-34-. The van der Waals surface area contributed by atoms with Gasteiger partial charge in [-0.2, -0.15) is 0 Å². The molecule has 5 atom stereocenters. The predicted molar refractivity (Wildman–Crippen MR) is 418 cm³/mol. The number of aliphatic hydroxyl groups is 1. The second-order valence-electron chi connectivity index (χ2n) is 27.0. The lowest BCUT2D eigenvalue weighted by atomic mass is 10.0. The number of unbranched alkanes of at least 4 members (excludes halogenated alkanes) is 34. The van der Waals surface area contributed by atoms with E-state index in [0.29, 0.717) is 25.7 Å². The van der Waals surface area contributed by atoms with Crippen LogP contribution >= 0.6 is 15.6 Å². The summed E-state index contributed by atoms with van der Waals surface area (Å²) in [5.74, 6) is -2.19. The molecule has 0 rings (SSSR count). The Morgan fingerprint density at radius 1 is 0.284 bits per heavy atom. The summed E-state index contributed by atoms with van der Waals surface area (Å²) in [6, 6.07) is 0. The van der Waals surface area contributed by atoms with Crippen molar-refractivity contribution in [2.45, 2.75) is 367 Å². The molecule has 0 aliphatic heterocycles. The Morgan fingerprint density at radius 3 is 0.824 bits per heavy atom. The summed E-state index contributed by atoms with van der Waals surface area (Å²) in [5, 5.41) is 10.6. The van der Waals surface area contributed by atoms with Crippen LogP contribution in [0.2, 0.25) is 0 Å². The third-order valence-electron chi connectivity index (χ3n) is 17.0. The Kier molecular flexibility index (Phi) is 72.3. The number of phosphoric ester groups is 2. The number of rotatable bonds is 76. The Morgan fingerprint density at radius 2 is 0.529 bits per heavy atom. The third-order valence-corrected chi connectivity index (χ3v) is 18.9. The Labute approximate surface area is 620 Å². The van der Waals surface area contributed by atoms with Crippen LogP contribution in [0.4, 0.5) is 0 Å². The first kappa shape index (κ1) is 98.0. The van der Waals surface area contributed by atoms with Crippen LogP contribution in [0.3, 0.4) is 0 Å². The van der Waals surface area contributed by atoms with E-state index in [1.807, 2.05) is 0 Å². The van der Waals surface area contributed by atoms with E-state index in [0.717, 1.165) is 205 Å². The Balaban J connectivity index is 5.34. The first-order chi connectivity index (χ1) is 49.7. The Hall–Kier alpha value is -4.02. The maximum absolute atomic E-state index is 13.1. The van der Waals surface area contributed by atoms with Gasteiger partial charge >= 0.3 is 39.5 Å². The summed E-state index contributed by atoms with van der Waals surface area (Å²) >= 11 is 0. The van der Waals surface area contributed by atoms with Crippen LogP contribution in [-0.2, 0) is 65.4 Å². The van der Waals surface area contributed by atoms with Crippen LogP contribution in [0.15, 0.2) is 97.2 Å². The molecule has 19 heteroatoms. The van der Waals surface area contributed by atoms with E-state index in [1.54, 1.807) is 0 Å². The summed E-state index contributed by atoms with van der Waals surface area (Å²) in [6.07, 6.45) is 79.5. The number of carbonyl (C=O) groups excluding carboxylic acids is 4. The lowest BCUT2D eigenvalue weighted by Gasteiger charge is -2.21. The number of hydrogen-bond acceptors (Lipinski definition) is 15. The van der Waals surface area contributed by atoms with Crippen LogP contribution in [0, 0.1) is 0 Å². The van der Waals surface area contributed by atoms with Gasteiger partial charge in [-0.15, -0.1) is 0 Å². The molecule has 590 valence electrons. The molecule has 102 heavy (non-hydrogen) atoms. The van der Waals surface area contributed by atoms with Crippen LogP contribution in [0.5, 0.6) is 0 Å². The molecule has 5 unspecified atom stereocenters. The molecule has 3 N–H and O–H groups in total. The minimum atomic E-state index is -4.98. The predicted octanol–water partition coefficient (Wildman–Crippen LogP) is 23.6. The molecule has 0 aliphatic rings. The lowest BCUT2D eigenvalue weighted by molar-refractivity contribution is -0.161. The summed E-state index contributed by atoms with van der Waals surface area (Å²) < 4.78 is 68.6. The van der Waals surface area contributed by atoms with Crippen LogP contribution in [0.25, 0.3) is 0 Å². The van der Waals surface area contributed by atoms with Gasteiger partial charge in [-0.1, -0.05) is 305 Å². The number of carbonyl (C=O) groups is 4. The summed E-state index contributed by atoms with van der Waals surface area (Å²) in [5.41, 5.74) is 0. The number of aliphatic hydroxyl groups excluding tert-OH is 1. The highest BCUT2D eigenvalue weighted by atomic mass is 31.2. The molecule has 0 bridgehead atoms. The molecule has 0 fully saturated rings. The molecule has 0 aromatic heterocycles. The van der Waals surface area contributed by atoms with Gasteiger partial charge in [0.1, 0.15) is 19.3 Å². The second-order valence-corrected chi connectivity index (χ2v) is 29.9. The first-order valence-corrected chi connectivity index (χ1v) is 43.5. The minimum absolute atomic E-state index is 0.0770. The largest absolute Gasteiger partial charge is 0.472 e. The molecule has 0 heterocycles. The second kappa shape index (κ2) is 75.2. The fourth-order valence-corrected chi connectivity index (χ4v) is 12.5. The monoisotopic (exact) mass is 1480 g/mol. The molecular weight excluding hydrogens is 1330 g/mol. The zero-order chi connectivity index (χ0) is 74.6. The number of ether oxygens (including phenoxy) is 4. The van der Waals surface area contributed by atoms with Gasteiger partial charge in [0.15, 0.2) is 12.2 Å². The SMILES string of the molecule is CC/C=C\C/C=C\C/C=C\CCCCCCCCCC(=O)OCC(COP(=O)(O)OCC(O)COP(=O)(O)OCC(COC(=O)CCCCCCCCC/C=C\C/C=C\C/C=C\CC)OC(=O)CCCCCCCCCCCCCCCCC)OC(=O)CCCCCCC/C=C\C/C=C\CCC. The van der Waals surface area contributed by atoms with Crippen molar-refractivity contribution >= 4 is 39.5 Å². The number of hydrogen-bond donors (Lipinski definition) is 3. The topological polar surface area (TPSA) is 237 Å². The third kappa shape index (κ3) is 74.3. The molecule has 0 saturated carbocycles. The van der Waals surface area contributed by atoms with Crippen LogP contribution < -0.4 is 0 Å². The van der Waals surface area contributed by atoms with E-state index in [1.165, 1.54) is 64.2 Å². The maximum atomic E-state index is 13.1. The molecule has 0 aromatic rings. The maximum Gasteiger partial charge on any atom is 0.472 e. The molecular formula is C83H146O17P2. The van der Waals surface area contributed by atoms with Crippen molar-refractivity contribution in [1.29, 1.82) is 0 Å². The molecule has 0 aliphatic carbocycles. The molecule has 0 radical (unpaired) electrons.